The Labute approximate surface area is 211 Å². The predicted molar refractivity (Wildman–Crippen MR) is 140 cm³/mol. The lowest BCUT2D eigenvalue weighted by Gasteiger charge is -2.29. The molecule has 0 aromatic heterocycles. The Morgan fingerprint density at radius 1 is 0.912 bits per heavy atom. The monoisotopic (exact) mass is 500 g/mol. The van der Waals surface area contributed by atoms with Gasteiger partial charge < -0.3 is 24.4 Å². The molecule has 1 N–H and O–H groups in total. The molecule has 34 heavy (non-hydrogen) atoms. The lowest BCUT2D eigenvalue weighted by atomic mass is 10.1. The molecule has 0 unspecified atom stereocenters. The van der Waals surface area contributed by atoms with E-state index in [0.717, 1.165) is 53.8 Å². The lowest BCUT2D eigenvalue weighted by Crippen LogP contribution is -2.36. The molecule has 0 spiro atoms. The maximum absolute atomic E-state index is 6.61. The molecule has 1 aliphatic rings. The zero-order chi connectivity index (χ0) is 23.9. The van der Waals surface area contributed by atoms with Crippen molar-refractivity contribution in [2.24, 2.45) is 0 Å². The van der Waals surface area contributed by atoms with E-state index in [9.17, 15) is 0 Å². The Kier molecular flexibility index (Phi) is 8.44. The second kappa shape index (κ2) is 11.7. The third kappa shape index (κ3) is 6.29. The van der Waals surface area contributed by atoms with E-state index in [1.807, 2.05) is 31.2 Å². The molecule has 7 heteroatoms. The summed E-state index contributed by atoms with van der Waals surface area (Å²) in [5.74, 6) is 1.20. The number of halogens is 2. The zero-order valence-electron chi connectivity index (χ0n) is 19.6. The fourth-order valence-corrected chi connectivity index (χ4v) is 4.44. The van der Waals surface area contributed by atoms with Crippen LogP contribution in [0.1, 0.15) is 23.6 Å². The molecule has 3 aromatic carbocycles. The SMILES string of the molecule is CCOc1cc(CNc2ccc(N3CCOCC3)c(Cl)c2)cc(Cl)c1OCc1ccc(C)cc1. The van der Waals surface area contributed by atoms with Gasteiger partial charge in [-0.2, -0.15) is 0 Å². The molecular weight excluding hydrogens is 471 g/mol. The molecule has 1 heterocycles. The third-order valence-electron chi connectivity index (χ3n) is 5.67. The first-order valence-corrected chi connectivity index (χ1v) is 12.3. The summed E-state index contributed by atoms with van der Waals surface area (Å²) in [5.41, 5.74) is 5.26. The van der Waals surface area contributed by atoms with Crippen LogP contribution in [-0.4, -0.2) is 32.9 Å². The number of benzene rings is 3. The van der Waals surface area contributed by atoms with Crippen LogP contribution in [0.25, 0.3) is 0 Å². The van der Waals surface area contributed by atoms with E-state index in [4.69, 9.17) is 37.4 Å². The van der Waals surface area contributed by atoms with E-state index < -0.39 is 0 Å². The summed E-state index contributed by atoms with van der Waals surface area (Å²) in [7, 11) is 0. The van der Waals surface area contributed by atoms with Crippen molar-refractivity contribution in [3.05, 3.63) is 81.3 Å². The molecule has 0 bridgehead atoms. The molecule has 0 amide bonds. The van der Waals surface area contributed by atoms with Gasteiger partial charge in [0.25, 0.3) is 0 Å². The molecule has 0 aliphatic carbocycles. The van der Waals surface area contributed by atoms with Crippen LogP contribution in [0.3, 0.4) is 0 Å². The van der Waals surface area contributed by atoms with E-state index >= 15 is 0 Å². The van der Waals surface area contributed by atoms with Crippen LogP contribution in [0.4, 0.5) is 11.4 Å². The number of morpholine rings is 1. The van der Waals surface area contributed by atoms with Crippen LogP contribution in [0.15, 0.2) is 54.6 Å². The molecule has 5 nitrogen and oxygen atoms in total. The summed E-state index contributed by atoms with van der Waals surface area (Å²) in [4.78, 5) is 2.25. The van der Waals surface area contributed by atoms with Crippen molar-refractivity contribution in [3.8, 4) is 11.5 Å². The van der Waals surface area contributed by atoms with Gasteiger partial charge in [0.1, 0.15) is 6.61 Å². The summed E-state index contributed by atoms with van der Waals surface area (Å²) in [6.45, 7) is 8.68. The predicted octanol–water partition coefficient (Wildman–Crippen LogP) is 6.73. The van der Waals surface area contributed by atoms with Crippen LogP contribution in [0, 0.1) is 6.92 Å². The Bertz CT molecular complexity index is 1100. The largest absolute Gasteiger partial charge is 0.490 e. The van der Waals surface area contributed by atoms with Crippen LogP contribution in [0.2, 0.25) is 10.0 Å². The number of rotatable bonds is 9. The van der Waals surface area contributed by atoms with Crippen LogP contribution in [-0.2, 0) is 17.9 Å². The van der Waals surface area contributed by atoms with Crippen molar-refractivity contribution >= 4 is 34.6 Å². The van der Waals surface area contributed by atoms with Gasteiger partial charge in [0.05, 0.1) is 35.6 Å². The first-order chi connectivity index (χ1) is 16.5. The number of ether oxygens (including phenoxy) is 3. The van der Waals surface area contributed by atoms with E-state index in [2.05, 4.69) is 47.5 Å². The fourth-order valence-electron chi connectivity index (χ4n) is 3.85. The molecule has 180 valence electrons. The molecule has 4 rings (SSSR count). The van der Waals surface area contributed by atoms with Gasteiger partial charge in [-0.1, -0.05) is 53.0 Å². The number of hydrogen-bond acceptors (Lipinski definition) is 5. The maximum atomic E-state index is 6.61. The molecular formula is C27H30Cl2N2O3. The van der Waals surface area contributed by atoms with Gasteiger partial charge in [-0.15, -0.1) is 0 Å². The van der Waals surface area contributed by atoms with E-state index in [1.54, 1.807) is 0 Å². The highest BCUT2D eigenvalue weighted by atomic mass is 35.5. The Morgan fingerprint density at radius 3 is 2.38 bits per heavy atom. The maximum Gasteiger partial charge on any atom is 0.180 e. The molecule has 3 aromatic rings. The van der Waals surface area contributed by atoms with E-state index in [1.165, 1.54) is 5.56 Å². The Hall–Kier alpha value is -2.60. The summed E-state index contributed by atoms with van der Waals surface area (Å²) < 4.78 is 17.3. The number of aryl methyl sites for hydroxylation is 1. The van der Waals surface area contributed by atoms with Crippen molar-refractivity contribution in [1.82, 2.24) is 0 Å². The number of nitrogens with one attached hydrogen (secondary N) is 1. The molecule has 0 atom stereocenters. The van der Waals surface area contributed by atoms with Gasteiger partial charge in [-0.3, -0.25) is 0 Å². The summed E-state index contributed by atoms with van der Waals surface area (Å²) in [5, 5.41) is 4.67. The summed E-state index contributed by atoms with van der Waals surface area (Å²) in [6, 6.07) is 18.2. The highest BCUT2D eigenvalue weighted by Crippen LogP contribution is 2.38. The fraction of sp³-hybridized carbons (Fsp3) is 0.333. The second-order valence-corrected chi connectivity index (χ2v) is 9.05. The third-order valence-corrected chi connectivity index (χ3v) is 6.25. The van der Waals surface area contributed by atoms with Gasteiger partial charge >= 0.3 is 0 Å². The summed E-state index contributed by atoms with van der Waals surface area (Å²) in [6.07, 6.45) is 0. The van der Waals surface area contributed by atoms with Crippen LogP contribution >= 0.6 is 23.2 Å². The van der Waals surface area contributed by atoms with Crippen molar-refractivity contribution in [2.45, 2.75) is 27.0 Å². The highest BCUT2D eigenvalue weighted by Gasteiger charge is 2.15. The molecule has 1 saturated heterocycles. The van der Waals surface area contributed by atoms with Gasteiger partial charge in [-0.05, 0) is 55.3 Å². The highest BCUT2D eigenvalue weighted by molar-refractivity contribution is 6.33. The Balaban J connectivity index is 1.43. The van der Waals surface area contributed by atoms with Crippen LogP contribution in [0.5, 0.6) is 11.5 Å². The Morgan fingerprint density at radius 2 is 1.68 bits per heavy atom. The minimum absolute atomic E-state index is 0.422. The van der Waals surface area contributed by atoms with Gasteiger partial charge in [0, 0.05) is 25.3 Å². The van der Waals surface area contributed by atoms with Crippen molar-refractivity contribution < 1.29 is 14.2 Å². The van der Waals surface area contributed by atoms with Crippen molar-refractivity contribution in [1.29, 1.82) is 0 Å². The smallest absolute Gasteiger partial charge is 0.180 e. The van der Waals surface area contributed by atoms with Gasteiger partial charge in [0.15, 0.2) is 11.5 Å². The summed E-state index contributed by atoms with van der Waals surface area (Å²) >= 11 is 13.2. The van der Waals surface area contributed by atoms with E-state index in [0.29, 0.717) is 36.3 Å². The van der Waals surface area contributed by atoms with E-state index in [-0.39, 0.29) is 0 Å². The topological polar surface area (TPSA) is 43.0 Å². The minimum Gasteiger partial charge on any atom is -0.490 e. The number of anilines is 2. The quantitative estimate of drug-likeness (QED) is 0.352. The van der Waals surface area contributed by atoms with Gasteiger partial charge in [-0.25, -0.2) is 0 Å². The lowest BCUT2D eigenvalue weighted by molar-refractivity contribution is 0.122. The average molecular weight is 501 g/mol. The standard InChI is InChI=1S/C27H30Cl2N2O3/c1-3-33-26-15-21(14-24(29)27(26)34-18-20-6-4-19(2)5-7-20)17-30-22-8-9-25(23(28)16-22)31-10-12-32-13-11-31/h4-9,14-16,30H,3,10-13,17-18H2,1-2H3. The molecule has 1 fully saturated rings. The van der Waals surface area contributed by atoms with Crippen LogP contribution < -0.4 is 19.7 Å². The molecule has 0 radical (unpaired) electrons. The minimum atomic E-state index is 0.422. The normalized spacial score (nSPS) is 13.6. The first-order valence-electron chi connectivity index (χ1n) is 11.5. The second-order valence-electron chi connectivity index (χ2n) is 8.23. The van der Waals surface area contributed by atoms with Crippen molar-refractivity contribution in [3.63, 3.8) is 0 Å². The van der Waals surface area contributed by atoms with Gasteiger partial charge in [0.2, 0.25) is 0 Å². The molecule has 0 saturated carbocycles. The zero-order valence-corrected chi connectivity index (χ0v) is 21.1. The first kappa shape index (κ1) is 24.5. The molecule has 1 aliphatic heterocycles. The number of hydrogen-bond donors (Lipinski definition) is 1. The number of nitrogens with zero attached hydrogens (tertiary/aromatic N) is 1. The van der Waals surface area contributed by atoms with Crippen molar-refractivity contribution in [2.75, 3.05) is 43.1 Å². The average Bonchev–Trinajstić information content (AvgIpc) is 2.84.